The van der Waals surface area contributed by atoms with E-state index >= 15 is 0 Å². The molecule has 0 rings (SSSR count). The number of hydrogen-bond donors (Lipinski definition) is 2. The maximum atomic E-state index is 12.2. The first-order valence-electron chi connectivity index (χ1n) is 14.1. The maximum Gasteiger partial charge on any atom is 0.469 e. The summed E-state index contributed by atoms with van der Waals surface area (Å²) < 4.78 is 25.9. The molecule has 0 aliphatic carbocycles. The fraction of sp³-hybridized carbons (Fsp3) is 0.889. The molecule has 2 N–H and O–H groups in total. The van der Waals surface area contributed by atoms with Gasteiger partial charge in [0.2, 0.25) is 0 Å². The second-order valence-corrected chi connectivity index (χ2v) is 10.8. The molecular formula is C27H52O8P-. The van der Waals surface area contributed by atoms with E-state index in [1.54, 1.807) is 0 Å². The van der Waals surface area contributed by atoms with Gasteiger partial charge in [-0.1, -0.05) is 103 Å². The predicted molar refractivity (Wildman–Crippen MR) is 142 cm³/mol. The zero-order chi connectivity index (χ0) is 26.9. The fourth-order valence-corrected chi connectivity index (χ4v) is 4.25. The van der Waals surface area contributed by atoms with Gasteiger partial charge in [0.1, 0.15) is 6.61 Å². The zero-order valence-electron chi connectivity index (χ0n) is 22.6. The number of ether oxygens (including phenoxy) is 2. The Morgan fingerprint density at radius 3 is 1.61 bits per heavy atom. The predicted octanol–water partition coefficient (Wildman–Crippen LogP) is 7.21. The van der Waals surface area contributed by atoms with Crippen LogP contribution in [0.2, 0.25) is 0 Å². The summed E-state index contributed by atoms with van der Waals surface area (Å²) in [6.07, 6.45) is 19.5. The van der Waals surface area contributed by atoms with Crippen molar-refractivity contribution in [2.24, 2.45) is 0 Å². The van der Waals surface area contributed by atoms with Gasteiger partial charge in [-0.05, 0) is 12.8 Å². The van der Waals surface area contributed by atoms with Gasteiger partial charge >= 0.3 is 19.8 Å². The fourth-order valence-electron chi connectivity index (χ4n) is 3.89. The first-order valence-corrected chi connectivity index (χ1v) is 15.7. The highest BCUT2D eigenvalue weighted by Crippen LogP contribution is 2.35. The van der Waals surface area contributed by atoms with Crippen LogP contribution in [-0.2, 0) is 28.2 Å². The van der Waals surface area contributed by atoms with Crippen LogP contribution in [0.5, 0.6) is 0 Å². The maximum absolute atomic E-state index is 12.2. The summed E-state index contributed by atoms with van der Waals surface area (Å²) in [5, 5.41) is 0. The van der Waals surface area contributed by atoms with E-state index in [9.17, 15) is 14.2 Å². The van der Waals surface area contributed by atoms with Crippen molar-refractivity contribution in [2.45, 2.75) is 141 Å². The van der Waals surface area contributed by atoms with Gasteiger partial charge in [-0.25, -0.2) is 4.57 Å². The van der Waals surface area contributed by atoms with Crippen molar-refractivity contribution in [3.63, 3.8) is 0 Å². The average molecular weight is 536 g/mol. The van der Waals surface area contributed by atoms with Crippen LogP contribution in [0.3, 0.4) is 0 Å². The Bertz CT molecular complexity index is 578. The van der Waals surface area contributed by atoms with E-state index in [0.29, 0.717) is 6.42 Å². The van der Waals surface area contributed by atoms with Gasteiger partial charge < -0.3 is 26.2 Å². The minimum atomic E-state index is -4.72. The van der Waals surface area contributed by atoms with E-state index in [0.717, 1.165) is 57.8 Å². The lowest BCUT2D eigenvalue weighted by molar-refractivity contribution is -0.161. The molecule has 1 atom stereocenters. The van der Waals surface area contributed by atoms with Crippen molar-refractivity contribution in [2.75, 3.05) is 13.2 Å². The summed E-state index contributed by atoms with van der Waals surface area (Å²) in [4.78, 5) is 42.0. The topological polar surface area (TPSA) is 119 Å². The van der Waals surface area contributed by atoms with Gasteiger partial charge in [0.15, 0.2) is 6.10 Å². The third-order valence-electron chi connectivity index (χ3n) is 6.02. The molecule has 0 amide bonds. The Labute approximate surface area is 219 Å². The van der Waals surface area contributed by atoms with E-state index in [1.807, 2.05) is 0 Å². The molecule has 0 unspecified atom stereocenters. The molecule has 0 saturated heterocycles. The molecule has 0 bridgehead atoms. The molecule has 0 heterocycles. The number of phosphoric acid groups is 1. The first-order chi connectivity index (χ1) is 17.3. The van der Waals surface area contributed by atoms with E-state index in [4.69, 9.17) is 19.3 Å². The quantitative estimate of drug-likeness (QED) is 0.0516. The van der Waals surface area contributed by atoms with E-state index in [-0.39, 0.29) is 19.4 Å². The molecule has 0 fully saturated rings. The number of rotatable bonds is 26. The summed E-state index contributed by atoms with van der Waals surface area (Å²) in [5.41, 5.74) is 0. The van der Waals surface area contributed by atoms with Crippen molar-refractivity contribution >= 4 is 19.8 Å². The molecular weight excluding hydrogens is 483 g/mol. The van der Waals surface area contributed by atoms with Crippen LogP contribution < -0.4 is 0 Å². The van der Waals surface area contributed by atoms with Crippen LogP contribution in [0.4, 0.5) is 0 Å². The average Bonchev–Trinajstić information content (AvgIpc) is 2.83. The smallest absolute Gasteiger partial charge is 0.462 e. The molecule has 0 aromatic carbocycles. The number of phosphoric ester groups is 1. The SMILES string of the molecule is [CH2-]CCCCCCCCCCCCCCC(=O)O[C@H](COC(=O)CCCCCCC)COP(=O)(O)O. The van der Waals surface area contributed by atoms with Gasteiger partial charge in [0.25, 0.3) is 0 Å². The lowest BCUT2D eigenvalue weighted by Crippen LogP contribution is -2.29. The highest BCUT2D eigenvalue weighted by molar-refractivity contribution is 7.46. The van der Waals surface area contributed by atoms with E-state index in [1.165, 1.54) is 51.4 Å². The second-order valence-electron chi connectivity index (χ2n) is 9.59. The van der Waals surface area contributed by atoms with Crippen LogP contribution >= 0.6 is 7.82 Å². The van der Waals surface area contributed by atoms with Gasteiger partial charge in [0.05, 0.1) is 6.61 Å². The van der Waals surface area contributed by atoms with Crippen molar-refractivity contribution in [3.8, 4) is 0 Å². The number of hydrogen-bond acceptors (Lipinski definition) is 6. The Morgan fingerprint density at radius 2 is 1.14 bits per heavy atom. The van der Waals surface area contributed by atoms with Crippen LogP contribution in [0.15, 0.2) is 0 Å². The molecule has 0 aliphatic heterocycles. The van der Waals surface area contributed by atoms with Crippen LogP contribution in [0.25, 0.3) is 0 Å². The lowest BCUT2D eigenvalue weighted by Gasteiger charge is -2.18. The Balaban J connectivity index is 3.99. The molecule has 0 saturated carbocycles. The van der Waals surface area contributed by atoms with Crippen LogP contribution in [0, 0.1) is 6.92 Å². The lowest BCUT2D eigenvalue weighted by atomic mass is 10.0. The number of esters is 2. The summed E-state index contributed by atoms with van der Waals surface area (Å²) in [6.45, 7) is 5.17. The number of carbonyl (C=O) groups is 2. The van der Waals surface area contributed by atoms with Crippen molar-refractivity contribution in [3.05, 3.63) is 6.92 Å². The Morgan fingerprint density at radius 1 is 0.694 bits per heavy atom. The molecule has 0 spiro atoms. The molecule has 0 aliphatic rings. The molecule has 0 radical (unpaired) electrons. The van der Waals surface area contributed by atoms with Gasteiger partial charge in [0, 0.05) is 12.8 Å². The summed E-state index contributed by atoms with van der Waals surface area (Å²) in [5.74, 6) is -0.901. The minimum absolute atomic E-state index is 0.213. The molecule has 8 nitrogen and oxygen atoms in total. The highest BCUT2D eigenvalue weighted by atomic mass is 31.2. The first kappa shape index (κ1) is 35.0. The van der Waals surface area contributed by atoms with Crippen molar-refractivity contribution in [1.82, 2.24) is 0 Å². The van der Waals surface area contributed by atoms with Crippen molar-refractivity contribution < 1.29 is 37.9 Å². The molecule has 214 valence electrons. The van der Waals surface area contributed by atoms with Crippen molar-refractivity contribution in [1.29, 1.82) is 0 Å². The van der Waals surface area contributed by atoms with E-state index < -0.39 is 32.5 Å². The molecule has 9 heteroatoms. The Kier molecular flexibility index (Phi) is 23.7. The normalized spacial score (nSPS) is 12.4. The molecule has 0 aromatic rings. The summed E-state index contributed by atoms with van der Waals surface area (Å²) >= 11 is 0. The van der Waals surface area contributed by atoms with Gasteiger partial charge in [-0.3, -0.25) is 14.1 Å². The Hall–Kier alpha value is -0.950. The number of carbonyl (C=O) groups excluding carboxylic acids is 2. The monoisotopic (exact) mass is 535 g/mol. The molecule has 36 heavy (non-hydrogen) atoms. The largest absolute Gasteiger partial charge is 0.469 e. The highest BCUT2D eigenvalue weighted by Gasteiger charge is 2.22. The summed E-state index contributed by atoms with van der Waals surface area (Å²) in [6, 6.07) is 0. The van der Waals surface area contributed by atoms with Gasteiger partial charge in [-0.15, -0.1) is 0 Å². The van der Waals surface area contributed by atoms with Crippen LogP contribution in [0.1, 0.15) is 135 Å². The molecule has 0 aromatic heterocycles. The second kappa shape index (κ2) is 24.4. The zero-order valence-corrected chi connectivity index (χ0v) is 23.5. The third kappa shape index (κ3) is 26.1. The minimum Gasteiger partial charge on any atom is -0.462 e. The van der Waals surface area contributed by atoms with Crippen LogP contribution in [-0.4, -0.2) is 41.0 Å². The standard InChI is InChI=1S/C27H52O8P/c1-3-5-7-9-10-11-12-13-14-15-16-18-20-22-27(29)35-25(24-34-36(30,31)32)23-33-26(28)21-19-17-8-6-4-2/h25H,1,3-24H2,2H3,(H2,30,31,32)/q-1/t25-/m1/s1. The van der Waals surface area contributed by atoms with E-state index in [2.05, 4.69) is 18.4 Å². The third-order valence-corrected chi connectivity index (χ3v) is 6.51. The van der Waals surface area contributed by atoms with Gasteiger partial charge in [-0.2, -0.15) is 6.42 Å². The number of unbranched alkanes of at least 4 members (excludes halogenated alkanes) is 16. The summed E-state index contributed by atoms with van der Waals surface area (Å²) in [7, 11) is -4.72.